The first-order valence-corrected chi connectivity index (χ1v) is 14.0. The molecule has 6 rings (SSSR count). The van der Waals surface area contributed by atoms with Crippen molar-refractivity contribution < 1.29 is 16.8 Å². The fourth-order valence-corrected chi connectivity index (χ4v) is 4.59. The summed E-state index contributed by atoms with van der Waals surface area (Å²) < 4.78 is 7.49. The van der Waals surface area contributed by atoms with E-state index >= 15 is 0 Å². The van der Waals surface area contributed by atoms with E-state index in [-0.39, 0.29) is 16.8 Å². The molecule has 223 valence electrons. The molecule has 0 aliphatic heterocycles. The molecule has 0 atom stereocenters. The maximum atomic E-state index is 4.72. The summed E-state index contributed by atoms with van der Waals surface area (Å²) in [5.74, 6) is 3.29. The molecule has 0 aromatic carbocycles. The zero-order chi connectivity index (χ0) is 30.3. The third-order valence-corrected chi connectivity index (χ3v) is 7.77. The standard InChI is InChI=1S/2C16H19N5.Co/c2*1-10-6-15(20-13(4)11(2)8-17-20)19-16(7-10)21-14(5)12(3)9-18-21;/h2*6-9H,1-5H3;/q;;+2. The molecule has 0 aliphatic carbocycles. The molecule has 0 bridgehead atoms. The second-order valence-electron chi connectivity index (χ2n) is 11.0. The average molecular weight is 622 g/mol. The van der Waals surface area contributed by atoms with E-state index in [1.165, 1.54) is 0 Å². The number of pyridine rings is 2. The Hall–Kier alpha value is -4.35. The summed E-state index contributed by atoms with van der Waals surface area (Å²) in [6.07, 6.45) is 7.45. The number of hydrogen-bond acceptors (Lipinski definition) is 6. The van der Waals surface area contributed by atoms with E-state index in [9.17, 15) is 0 Å². The Morgan fingerprint density at radius 1 is 0.372 bits per heavy atom. The van der Waals surface area contributed by atoms with Crippen LogP contribution < -0.4 is 0 Å². The van der Waals surface area contributed by atoms with Gasteiger partial charge < -0.3 is 0 Å². The summed E-state index contributed by atoms with van der Waals surface area (Å²) in [7, 11) is 0. The van der Waals surface area contributed by atoms with Crippen molar-refractivity contribution in [1.82, 2.24) is 49.1 Å². The Labute approximate surface area is 263 Å². The van der Waals surface area contributed by atoms with Gasteiger partial charge in [0.1, 0.15) is 0 Å². The molecule has 6 aromatic rings. The van der Waals surface area contributed by atoms with Gasteiger partial charge in [-0.1, -0.05) is 0 Å². The second-order valence-corrected chi connectivity index (χ2v) is 11.0. The van der Waals surface area contributed by atoms with Crippen molar-refractivity contribution in [3.8, 4) is 23.3 Å². The van der Waals surface area contributed by atoms with E-state index in [0.717, 1.165) is 79.4 Å². The molecule has 1 radical (unpaired) electrons. The number of aromatic nitrogens is 10. The van der Waals surface area contributed by atoms with Crippen LogP contribution in [0.25, 0.3) is 23.3 Å². The van der Waals surface area contributed by atoms with E-state index in [2.05, 4.69) is 89.6 Å². The van der Waals surface area contributed by atoms with Gasteiger partial charge in [0.25, 0.3) is 0 Å². The van der Waals surface area contributed by atoms with Crippen molar-refractivity contribution in [2.45, 2.75) is 69.2 Å². The van der Waals surface area contributed by atoms with Crippen LogP contribution in [0.1, 0.15) is 56.2 Å². The normalized spacial score (nSPS) is 10.8. The zero-order valence-corrected chi connectivity index (χ0v) is 27.5. The van der Waals surface area contributed by atoms with Crippen LogP contribution in [0.5, 0.6) is 0 Å². The third-order valence-electron chi connectivity index (χ3n) is 7.77. The predicted octanol–water partition coefficient (Wildman–Crippen LogP) is 5.99. The van der Waals surface area contributed by atoms with Gasteiger partial charge in [0.15, 0.2) is 23.3 Å². The molecule has 0 N–H and O–H groups in total. The molecule has 0 saturated heterocycles. The van der Waals surface area contributed by atoms with Gasteiger partial charge in [0.05, 0.1) is 24.8 Å². The summed E-state index contributed by atoms with van der Waals surface area (Å²) in [5, 5.41) is 17.7. The van der Waals surface area contributed by atoms with Gasteiger partial charge >= 0.3 is 16.8 Å². The molecule has 6 heterocycles. The van der Waals surface area contributed by atoms with Crippen molar-refractivity contribution >= 4 is 0 Å². The minimum absolute atomic E-state index is 0. The van der Waals surface area contributed by atoms with Gasteiger partial charge in [-0.25, -0.2) is 28.7 Å². The van der Waals surface area contributed by atoms with E-state index < -0.39 is 0 Å². The Bertz CT molecular complexity index is 1640. The third kappa shape index (κ3) is 6.23. The van der Waals surface area contributed by atoms with Gasteiger partial charge in [-0.05, 0) is 127 Å². The van der Waals surface area contributed by atoms with Crippen LogP contribution in [-0.2, 0) is 16.8 Å². The van der Waals surface area contributed by atoms with Gasteiger partial charge in [-0.2, -0.15) is 20.4 Å². The average Bonchev–Trinajstić information content (AvgIpc) is 3.68. The molecule has 6 aromatic heterocycles. The van der Waals surface area contributed by atoms with Crippen LogP contribution in [0.15, 0.2) is 49.1 Å². The monoisotopic (exact) mass is 621 g/mol. The van der Waals surface area contributed by atoms with Crippen LogP contribution in [-0.4, -0.2) is 49.1 Å². The molecule has 10 nitrogen and oxygen atoms in total. The molecular weight excluding hydrogens is 583 g/mol. The Morgan fingerprint density at radius 3 is 0.744 bits per heavy atom. The summed E-state index contributed by atoms with van der Waals surface area (Å²) in [6.45, 7) is 20.5. The largest absolute Gasteiger partial charge is 2.00 e. The summed E-state index contributed by atoms with van der Waals surface area (Å²) >= 11 is 0. The van der Waals surface area contributed by atoms with Gasteiger partial charge in [-0.15, -0.1) is 0 Å². The van der Waals surface area contributed by atoms with Crippen LogP contribution in [0.4, 0.5) is 0 Å². The molecule has 43 heavy (non-hydrogen) atoms. The molecule has 0 saturated carbocycles. The van der Waals surface area contributed by atoms with Crippen LogP contribution in [0.3, 0.4) is 0 Å². The minimum atomic E-state index is 0. The Morgan fingerprint density at radius 2 is 0.581 bits per heavy atom. The number of rotatable bonds is 4. The molecule has 0 aliphatic rings. The summed E-state index contributed by atoms with van der Waals surface area (Å²) in [4.78, 5) is 9.45. The maximum Gasteiger partial charge on any atom is 2.00 e. The van der Waals surface area contributed by atoms with E-state index in [0.29, 0.717) is 0 Å². The molecule has 0 fully saturated rings. The topological polar surface area (TPSA) is 97.1 Å². The predicted molar refractivity (Wildman–Crippen MR) is 164 cm³/mol. The summed E-state index contributed by atoms with van der Waals surface area (Å²) in [5.41, 5.74) is 11.3. The van der Waals surface area contributed by atoms with Crippen LogP contribution in [0, 0.1) is 69.2 Å². The van der Waals surface area contributed by atoms with Crippen molar-refractivity contribution in [2.75, 3.05) is 0 Å². The molecule has 0 amide bonds. The van der Waals surface area contributed by atoms with Gasteiger partial charge in [-0.3, -0.25) is 0 Å². The quantitative estimate of drug-likeness (QED) is 0.240. The van der Waals surface area contributed by atoms with Crippen molar-refractivity contribution in [3.63, 3.8) is 0 Å². The molecular formula is C32H38CoN10+2. The SMILES string of the molecule is Cc1cc(-n2ncc(C)c2C)nc(-n2ncc(C)c2C)c1.Cc1cc(-n2ncc(C)c2C)nc(-n2ncc(C)c2C)c1.[Co+2]. The smallest absolute Gasteiger partial charge is 0.219 e. The van der Waals surface area contributed by atoms with Crippen LogP contribution in [0.2, 0.25) is 0 Å². The summed E-state index contributed by atoms with van der Waals surface area (Å²) in [6, 6.07) is 8.15. The molecule has 11 heteroatoms. The number of aryl methyl sites for hydroxylation is 6. The Kier molecular flexibility index (Phi) is 9.17. The second kappa shape index (κ2) is 12.5. The molecule has 0 spiro atoms. The van der Waals surface area contributed by atoms with Gasteiger partial charge in [0, 0.05) is 22.8 Å². The fourth-order valence-electron chi connectivity index (χ4n) is 4.59. The Balaban J connectivity index is 0.000000192. The van der Waals surface area contributed by atoms with Crippen molar-refractivity contribution in [2.24, 2.45) is 0 Å². The fraction of sp³-hybridized carbons (Fsp3) is 0.312. The van der Waals surface area contributed by atoms with E-state index in [4.69, 9.17) is 9.97 Å². The van der Waals surface area contributed by atoms with Crippen molar-refractivity contribution in [3.05, 3.63) is 105 Å². The first-order chi connectivity index (χ1) is 19.9. The van der Waals surface area contributed by atoms with Crippen LogP contribution >= 0.6 is 0 Å². The first kappa shape index (κ1) is 31.6. The maximum absolute atomic E-state index is 4.72. The number of hydrogen-bond donors (Lipinski definition) is 0. The molecule has 0 unspecified atom stereocenters. The van der Waals surface area contributed by atoms with E-state index in [1.807, 2.05) is 67.8 Å². The zero-order valence-electron chi connectivity index (χ0n) is 26.4. The first-order valence-electron chi connectivity index (χ1n) is 14.0. The van der Waals surface area contributed by atoms with Gasteiger partial charge in [0.2, 0.25) is 0 Å². The van der Waals surface area contributed by atoms with E-state index in [1.54, 1.807) is 0 Å². The minimum Gasteiger partial charge on any atom is -0.219 e. The van der Waals surface area contributed by atoms with Crippen molar-refractivity contribution in [1.29, 1.82) is 0 Å². The number of nitrogens with zero attached hydrogens (tertiary/aromatic N) is 10.